The van der Waals surface area contributed by atoms with Gasteiger partial charge in [-0.25, -0.2) is 0 Å². The van der Waals surface area contributed by atoms with Crippen LogP contribution in [0.5, 0.6) is 5.75 Å². The topological polar surface area (TPSA) is 88.1 Å². The van der Waals surface area contributed by atoms with Crippen molar-refractivity contribution < 1.29 is 10.0 Å². The normalized spacial score (nSPS) is 10.9. The van der Waals surface area contributed by atoms with E-state index in [9.17, 15) is 15.2 Å². The fourth-order valence-corrected chi connectivity index (χ4v) is 2.55. The van der Waals surface area contributed by atoms with E-state index in [0.717, 1.165) is 18.4 Å². The number of benzene rings is 3. The highest BCUT2D eigenvalue weighted by Gasteiger charge is 2.12. The minimum atomic E-state index is -0.509. The van der Waals surface area contributed by atoms with Crippen molar-refractivity contribution in [1.82, 2.24) is 0 Å². The van der Waals surface area contributed by atoms with Crippen LogP contribution in [0, 0.1) is 10.1 Å². The average Bonchev–Trinajstić information content (AvgIpc) is 2.67. The van der Waals surface area contributed by atoms with E-state index in [2.05, 4.69) is 22.4 Å². The minimum Gasteiger partial charge on any atom is -0.506 e. The van der Waals surface area contributed by atoms with Crippen molar-refractivity contribution in [2.24, 2.45) is 10.2 Å². The van der Waals surface area contributed by atoms with E-state index in [1.807, 2.05) is 24.3 Å². The second-order valence-electron chi connectivity index (χ2n) is 5.75. The highest BCUT2D eigenvalue weighted by atomic mass is 16.6. The van der Waals surface area contributed by atoms with Crippen LogP contribution >= 0.6 is 0 Å². The van der Waals surface area contributed by atoms with Gasteiger partial charge in [-0.2, -0.15) is 0 Å². The van der Waals surface area contributed by atoms with Crippen LogP contribution in [0.1, 0.15) is 11.1 Å². The zero-order chi connectivity index (χ0) is 18.4. The Labute approximate surface area is 150 Å². The molecule has 0 heterocycles. The Morgan fingerprint density at radius 3 is 2.23 bits per heavy atom. The van der Waals surface area contributed by atoms with E-state index in [1.165, 1.54) is 17.7 Å². The first-order valence-electron chi connectivity index (χ1n) is 8.14. The van der Waals surface area contributed by atoms with E-state index in [-0.39, 0.29) is 22.8 Å². The number of para-hydroxylation sites is 1. The maximum Gasteiger partial charge on any atom is 0.296 e. The van der Waals surface area contributed by atoms with Gasteiger partial charge in [-0.3, -0.25) is 10.1 Å². The number of nitrogens with zero attached hydrogens (tertiary/aromatic N) is 3. The zero-order valence-corrected chi connectivity index (χ0v) is 13.9. The third-order valence-electron chi connectivity index (χ3n) is 3.93. The van der Waals surface area contributed by atoms with Gasteiger partial charge in [0.05, 0.1) is 4.92 Å². The van der Waals surface area contributed by atoms with E-state index in [1.54, 1.807) is 24.3 Å². The summed E-state index contributed by atoms with van der Waals surface area (Å²) in [4.78, 5) is 10.5. The van der Waals surface area contributed by atoms with E-state index in [0.29, 0.717) is 0 Å². The monoisotopic (exact) mass is 347 g/mol. The maximum absolute atomic E-state index is 11.0. The third kappa shape index (κ3) is 4.30. The molecule has 0 aliphatic rings. The molecule has 0 aromatic heterocycles. The SMILES string of the molecule is O=[N+]([O-])c1ccccc1N=Nc1cc(CCc2ccccc2)ccc1O. The van der Waals surface area contributed by atoms with Crippen molar-refractivity contribution >= 4 is 17.1 Å². The van der Waals surface area contributed by atoms with Gasteiger partial charge in [-0.15, -0.1) is 10.2 Å². The number of nitro benzene ring substituents is 1. The maximum atomic E-state index is 11.0. The Hall–Kier alpha value is -3.54. The summed E-state index contributed by atoms with van der Waals surface area (Å²) in [5, 5.41) is 29.0. The summed E-state index contributed by atoms with van der Waals surface area (Å²) in [7, 11) is 0. The molecular formula is C20H17N3O3. The lowest BCUT2D eigenvalue weighted by Crippen LogP contribution is -1.90. The van der Waals surface area contributed by atoms with E-state index in [4.69, 9.17) is 0 Å². The van der Waals surface area contributed by atoms with Crippen molar-refractivity contribution in [3.05, 3.63) is 94.0 Å². The van der Waals surface area contributed by atoms with Crippen LogP contribution < -0.4 is 0 Å². The van der Waals surface area contributed by atoms with Gasteiger partial charge in [0.1, 0.15) is 11.4 Å². The van der Waals surface area contributed by atoms with Crippen LogP contribution in [-0.2, 0) is 12.8 Å². The summed E-state index contributed by atoms with van der Waals surface area (Å²) < 4.78 is 0. The Morgan fingerprint density at radius 2 is 1.46 bits per heavy atom. The number of azo groups is 1. The number of nitro groups is 1. The predicted molar refractivity (Wildman–Crippen MR) is 99.2 cm³/mol. The van der Waals surface area contributed by atoms with E-state index >= 15 is 0 Å². The Balaban J connectivity index is 1.79. The lowest BCUT2D eigenvalue weighted by Gasteiger charge is -2.04. The highest BCUT2D eigenvalue weighted by Crippen LogP contribution is 2.32. The van der Waals surface area contributed by atoms with Gasteiger partial charge < -0.3 is 5.11 Å². The van der Waals surface area contributed by atoms with Crippen molar-refractivity contribution in [1.29, 1.82) is 0 Å². The van der Waals surface area contributed by atoms with Crippen LogP contribution in [0.15, 0.2) is 83.0 Å². The summed E-state index contributed by atoms with van der Waals surface area (Å²) in [5.74, 6) is -0.0178. The van der Waals surface area contributed by atoms with Crippen LogP contribution in [0.4, 0.5) is 17.1 Å². The fraction of sp³-hybridized carbons (Fsp3) is 0.100. The van der Waals surface area contributed by atoms with Crippen molar-refractivity contribution in [2.75, 3.05) is 0 Å². The molecule has 0 amide bonds. The molecule has 6 nitrogen and oxygen atoms in total. The van der Waals surface area contributed by atoms with Gasteiger partial charge in [0.25, 0.3) is 5.69 Å². The molecule has 0 aliphatic heterocycles. The summed E-state index contributed by atoms with van der Waals surface area (Å²) in [5.41, 5.74) is 2.53. The molecular weight excluding hydrogens is 330 g/mol. The Kier molecular flexibility index (Phi) is 5.34. The molecule has 1 N–H and O–H groups in total. The number of aryl methyl sites for hydroxylation is 2. The summed E-state index contributed by atoms with van der Waals surface area (Å²) in [6, 6.07) is 21.3. The van der Waals surface area contributed by atoms with Gasteiger partial charge >= 0.3 is 0 Å². The largest absolute Gasteiger partial charge is 0.506 e. The van der Waals surface area contributed by atoms with Crippen LogP contribution in [0.25, 0.3) is 0 Å². The number of hydrogen-bond donors (Lipinski definition) is 1. The van der Waals surface area contributed by atoms with Crippen molar-refractivity contribution in [2.45, 2.75) is 12.8 Å². The molecule has 0 atom stereocenters. The Morgan fingerprint density at radius 1 is 0.808 bits per heavy atom. The second-order valence-corrected chi connectivity index (χ2v) is 5.75. The molecule has 0 spiro atoms. The first-order chi connectivity index (χ1) is 12.6. The Bertz CT molecular complexity index is 940. The lowest BCUT2D eigenvalue weighted by molar-refractivity contribution is -0.384. The first kappa shape index (κ1) is 17.3. The summed E-state index contributed by atoms with van der Waals surface area (Å²) in [6.07, 6.45) is 1.66. The molecule has 3 aromatic rings. The molecule has 26 heavy (non-hydrogen) atoms. The van der Waals surface area contributed by atoms with Gasteiger partial charge in [0.15, 0.2) is 5.69 Å². The number of hydrogen-bond acceptors (Lipinski definition) is 5. The molecule has 0 radical (unpaired) electrons. The molecule has 6 heteroatoms. The van der Waals surface area contributed by atoms with Gasteiger partial charge in [-0.1, -0.05) is 48.5 Å². The van der Waals surface area contributed by atoms with Crippen molar-refractivity contribution in [3.8, 4) is 5.75 Å². The highest BCUT2D eigenvalue weighted by molar-refractivity contribution is 5.58. The fourth-order valence-electron chi connectivity index (χ4n) is 2.55. The molecule has 130 valence electrons. The van der Waals surface area contributed by atoms with Crippen LogP contribution in [-0.4, -0.2) is 10.0 Å². The molecule has 0 fully saturated rings. The van der Waals surface area contributed by atoms with Gasteiger partial charge in [0.2, 0.25) is 0 Å². The van der Waals surface area contributed by atoms with Crippen LogP contribution in [0.3, 0.4) is 0 Å². The van der Waals surface area contributed by atoms with Gasteiger partial charge in [0, 0.05) is 6.07 Å². The predicted octanol–water partition coefficient (Wildman–Crippen LogP) is 5.50. The number of phenolic OH excluding ortho intramolecular Hbond substituents is 1. The van der Waals surface area contributed by atoms with E-state index < -0.39 is 4.92 Å². The zero-order valence-electron chi connectivity index (χ0n) is 13.9. The molecule has 0 bridgehead atoms. The quantitative estimate of drug-likeness (QED) is 0.363. The molecule has 3 rings (SSSR count). The number of aromatic hydroxyl groups is 1. The first-order valence-corrected chi connectivity index (χ1v) is 8.14. The molecule has 0 aliphatic carbocycles. The molecule has 0 unspecified atom stereocenters. The lowest BCUT2D eigenvalue weighted by atomic mass is 10.0. The van der Waals surface area contributed by atoms with Crippen LogP contribution in [0.2, 0.25) is 0 Å². The molecule has 0 saturated carbocycles. The van der Waals surface area contributed by atoms with Gasteiger partial charge in [-0.05, 0) is 42.2 Å². The minimum absolute atomic E-state index is 0.0178. The number of phenols is 1. The molecule has 0 saturated heterocycles. The third-order valence-corrected chi connectivity index (χ3v) is 3.93. The second kappa shape index (κ2) is 8.02. The average molecular weight is 347 g/mol. The molecule has 3 aromatic carbocycles. The standard InChI is InChI=1S/C20H17N3O3/c24-20-13-12-16(11-10-15-6-2-1-3-7-15)14-18(20)22-21-17-8-4-5-9-19(17)23(25)26/h1-9,12-14,24H,10-11H2. The number of rotatable bonds is 6. The summed E-state index contributed by atoms with van der Waals surface area (Å²) in [6.45, 7) is 0. The summed E-state index contributed by atoms with van der Waals surface area (Å²) >= 11 is 0. The smallest absolute Gasteiger partial charge is 0.296 e. The van der Waals surface area contributed by atoms with Crippen molar-refractivity contribution in [3.63, 3.8) is 0 Å².